The Morgan fingerprint density at radius 1 is 1.06 bits per heavy atom. The third-order valence-electron chi connectivity index (χ3n) is 4.78. The molecule has 32 heavy (non-hydrogen) atoms. The maximum atomic E-state index is 13.3. The Morgan fingerprint density at radius 2 is 1.88 bits per heavy atom. The van der Waals surface area contributed by atoms with Gasteiger partial charge in [-0.05, 0) is 49.4 Å². The van der Waals surface area contributed by atoms with Crippen molar-refractivity contribution in [2.45, 2.75) is 6.92 Å². The zero-order chi connectivity index (χ0) is 22.2. The summed E-state index contributed by atoms with van der Waals surface area (Å²) in [6, 6.07) is 14.3. The van der Waals surface area contributed by atoms with Gasteiger partial charge in [0.2, 0.25) is 0 Å². The number of rotatable bonds is 4. The van der Waals surface area contributed by atoms with E-state index in [2.05, 4.69) is 25.5 Å². The molecule has 1 N–H and O–H groups in total. The lowest BCUT2D eigenvalue weighted by Gasteiger charge is -2.09. The highest BCUT2D eigenvalue weighted by molar-refractivity contribution is 6.31. The van der Waals surface area contributed by atoms with Crippen molar-refractivity contribution in [1.82, 2.24) is 29.5 Å². The first-order valence-electron chi connectivity index (χ1n) is 9.58. The quantitative estimate of drug-likeness (QED) is 0.442. The molecule has 0 bridgehead atoms. The van der Waals surface area contributed by atoms with Crippen molar-refractivity contribution < 1.29 is 9.18 Å². The second kappa shape index (κ2) is 7.86. The molecule has 0 aliphatic heterocycles. The number of hydrogen-bond donors (Lipinski definition) is 1. The Kier molecular flexibility index (Phi) is 4.87. The van der Waals surface area contributed by atoms with E-state index in [0.29, 0.717) is 44.6 Å². The van der Waals surface area contributed by atoms with Crippen molar-refractivity contribution in [3.63, 3.8) is 0 Å². The first kappa shape index (κ1) is 19.8. The van der Waals surface area contributed by atoms with Gasteiger partial charge in [-0.25, -0.2) is 19.0 Å². The normalized spacial score (nSPS) is 11.1. The zero-order valence-corrected chi connectivity index (χ0v) is 17.5. The van der Waals surface area contributed by atoms with Gasteiger partial charge in [0.05, 0.1) is 23.0 Å². The molecule has 3 aromatic heterocycles. The average Bonchev–Trinajstić information content (AvgIpc) is 3.37. The number of anilines is 1. The van der Waals surface area contributed by atoms with E-state index in [1.165, 1.54) is 23.1 Å². The molecule has 0 spiro atoms. The number of benzene rings is 2. The molecule has 3 heterocycles. The number of nitrogens with one attached hydrogen (secondary N) is 1. The highest BCUT2D eigenvalue weighted by atomic mass is 35.5. The van der Waals surface area contributed by atoms with Crippen LogP contribution in [0.1, 0.15) is 16.1 Å². The van der Waals surface area contributed by atoms with Crippen LogP contribution in [0.4, 0.5) is 10.2 Å². The summed E-state index contributed by atoms with van der Waals surface area (Å²) in [6.45, 7) is 1.81. The fraction of sp³-hybridized carbons (Fsp3) is 0.0455. The van der Waals surface area contributed by atoms with E-state index in [0.717, 1.165) is 0 Å². The smallest absolute Gasteiger partial charge is 0.256 e. The SMILES string of the molecule is Cc1cc(NC(=O)c2cccc(Cl)c2)n(-c2ncnc3c2cnn3-c2ccc(F)cc2)n1. The lowest BCUT2D eigenvalue weighted by molar-refractivity contribution is 0.102. The van der Waals surface area contributed by atoms with Gasteiger partial charge < -0.3 is 5.32 Å². The third-order valence-corrected chi connectivity index (χ3v) is 5.01. The molecule has 0 saturated heterocycles. The van der Waals surface area contributed by atoms with Crippen LogP contribution in [0, 0.1) is 12.7 Å². The molecule has 8 nitrogen and oxygen atoms in total. The van der Waals surface area contributed by atoms with Gasteiger partial charge >= 0.3 is 0 Å². The predicted molar refractivity (Wildman–Crippen MR) is 118 cm³/mol. The molecule has 0 aliphatic rings. The fourth-order valence-corrected chi connectivity index (χ4v) is 3.53. The zero-order valence-electron chi connectivity index (χ0n) is 16.7. The van der Waals surface area contributed by atoms with Crippen molar-refractivity contribution in [2.24, 2.45) is 0 Å². The number of amides is 1. The topological polar surface area (TPSA) is 90.5 Å². The average molecular weight is 448 g/mol. The van der Waals surface area contributed by atoms with Gasteiger partial charge in [-0.1, -0.05) is 17.7 Å². The van der Waals surface area contributed by atoms with Gasteiger partial charge in [0.25, 0.3) is 5.91 Å². The van der Waals surface area contributed by atoms with Gasteiger partial charge in [0.1, 0.15) is 18.0 Å². The summed E-state index contributed by atoms with van der Waals surface area (Å²) < 4.78 is 16.4. The predicted octanol–water partition coefficient (Wildman–Crippen LogP) is 4.35. The van der Waals surface area contributed by atoms with Crippen molar-refractivity contribution >= 4 is 34.4 Å². The van der Waals surface area contributed by atoms with E-state index < -0.39 is 0 Å². The first-order chi connectivity index (χ1) is 15.5. The van der Waals surface area contributed by atoms with Crippen LogP contribution >= 0.6 is 11.6 Å². The number of nitrogens with zero attached hydrogens (tertiary/aromatic N) is 6. The maximum Gasteiger partial charge on any atom is 0.256 e. The standard InChI is InChI=1S/C22H15ClFN7O/c1-13-9-19(28-22(32)14-3-2-4-15(23)10-14)31(29-13)21-18-11-27-30(20(18)25-12-26-21)17-7-5-16(24)6-8-17/h2-12H,1H3,(H,28,32). The third kappa shape index (κ3) is 3.58. The van der Waals surface area contributed by atoms with Crippen molar-refractivity contribution in [1.29, 1.82) is 0 Å². The maximum absolute atomic E-state index is 13.3. The molecule has 1 amide bonds. The Hall–Kier alpha value is -4.11. The highest BCUT2D eigenvalue weighted by Gasteiger charge is 2.18. The van der Waals surface area contributed by atoms with Crippen LogP contribution in [0.5, 0.6) is 0 Å². The first-order valence-corrected chi connectivity index (χ1v) is 9.96. The van der Waals surface area contributed by atoms with Crippen LogP contribution in [0.3, 0.4) is 0 Å². The molecule has 5 rings (SSSR count). The van der Waals surface area contributed by atoms with Crippen LogP contribution in [0.2, 0.25) is 5.02 Å². The number of hydrogen-bond acceptors (Lipinski definition) is 5. The molecular formula is C22H15ClFN7O. The van der Waals surface area contributed by atoms with E-state index in [9.17, 15) is 9.18 Å². The van der Waals surface area contributed by atoms with E-state index in [1.807, 2.05) is 6.92 Å². The Labute approximate surface area is 186 Å². The van der Waals surface area contributed by atoms with E-state index >= 15 is 0 Å². The van der Waals surface area contributed by atoms with Gasteiger partial charge in [-0.3, -0.25) is 4.79 Å². The number of aromatic nitrogens is 6. The molecule has 0 atom stereocenters. The van der Waals surface area contributed by atoms with E-state index in [4.69, 9.17) is 11.6 Å². The van der Waals surface area contributed by atoms with Crippen molar-refractivity contribution in [3.05, 3.63) is 89.2 Å². The van der Waals surface area contributed by atoms with E-state index in [1.54, 1.807) is 53.3 Å². The van der Waals surface area contributed by atoms with E-state index in [-0.39, 0.29) is 11.7 Å². The second-order valence-corrected chi connectivity index (χ2v) is 7.45. The molecule has 0 aliphatic carbocycles. The van der Waals surface area contributed by atoms with Gasteiger partial charge in [-0.15, -0.1) is 0 Å². The molecule has 0 saturated carbocycles. The molecule has 2 aromatic carbocycles. The van der Waals surface area contributed by atoms with Gasteiger partial charge in [-0.2, -0.15) is 14.9 Å². The molecule has 0 radical (unpaired) electrons. The van der Waals surface area contributed by atoms with Crippen LogP contribution in [0.15, 0.2) is 67.1 Å². The Bertz CT molecular complexity index is 1460. The second-order valence-electron chi connectivity index (χ2n) is 7.01. The summed E-state index contributed by atoms with van der Waals surface area (Å²) in [5.41, 5.74) is 2.27. The molecule has 5 aromatic rings. The van der Waals surface area contributed by atoms with Gasteiger partial charge in [0.15, 0.2) is 11.5 Å². The molecule has 158 valence electrons. The highest BCUT2D eigenvalue weighted by Crippen LogP contribution is 2.24. The molecule has 0 unspecified atom stereocenters. The minimum atomic E-state index is -0.340. The number of halogens is 2. The Morgan fingerprint density at radius 3 is 2.66 bits per heavy atom. The fourth-order valence-electron chi connectivity index (χ4n) is 3.34. The van der Waals surface area contributed by atoms with Gasteiger partial charge in [0, 0.05) is 16.7 Å². The van der Waals surface area contributed by atoms with Crippen molar-refractivity contribution in [3.8, 4) is 11.5 Å². The Balaban J connectivity index is 1.56. The number of carbonyl (C=O) groups is 1. The van der Waals surface area contributed by atoms with Crippen LogP contribution in [0.25, 0.3) is 22.5 Å². The number of aryl methyl sites for hydroxylation is 1. The summed E-state index contributed by atoms with van der Waals surface area (Å²) in [6.07, 6.45) is 2.99. The minimum absolute atomic E-state index is 0.332. The summed E-state index contributed by atoms with van der Waals surface area (Å²) in [4.78, 5) is 21.5. The van der Waals surface area contributed by atoms with Crippen LogP contribution in [-0.2, 0) is 0 Å². The summed E-state index contributed by atoms with van der Waals surface area (Å²) in [7, 11) is 0. The molecule has 10 heteroatoms. The minimum Gasteiger partial charge on any atom is -0.306 e. The lowest BCUT2D eigenvalue weighted by Crippen LogP contribution is -2.15. The monoisotopic (exact) mass is 447 g/mol. The van der Waals surface area contributed by atoms with Crippen molar-refractivity contribution in [2.75, 3.05) is 5.32 Å². The summed E-state index contributed by atoms with van der Waals surface area (Å²) in [5, 5.41) is 12.8. The molecule has 0 fully saturated rings. The van der Waals surface area contributed by atoms with Crippen LogP contribution < -0.4 is 5.32 Å². The number of carbonyl (C=O) groups excluding carboxylic acids is 1. The summed E-state index contributed by atoms with van der Waals surface area (Å²) >= 11 is 6.01. The molecular weight excluding hydrogens is 433 g/mol. The lowest BCUT2D eigenvalue weighted by atomic mass is 10.2. The number of fused-ring (bicyclic) bond motifs is 1. The summed E-state index contributed by atoms with van der Waals surface area (Å²) in [5.74, 6) is 0.202. The largest absolute Gasteiger partial charge is 0.306 e. The van der Waals surface area contributed by atoms with Crippen LogP contribution in [-0.4, -0.2) is 35.4 Å².